The van der Waals surface area contributed by atoms with Gasteiger partial charge in [-0.3, -0.25) is 9.13 Å². The van der Waals surface area contributed by atoms with E-state index in [0.717, 1.165) is 0 Å². The maximum absolute atomic E-state index is 12.5. The zero-order valence-corrected chi connectivity index (χ0v) is 12.6. The van der Waals surface area contributed by atoms with E-state index in [9.17, 15) is 14.7 Å². The minimum atomic E-state index is -1.05. The molecule has 1 aromatic carbocycles. The Kier molecular flexibility index (Phi) is 3.91. The Morgan fingerprint density at radius 1 is 1.23 bits per heavy atom. The number of carbonyl (C=O) groups is 1. The van der Waals surface area contributed by atoms with Crippen molar-refractivity contribution < 1.29 is 9.90 Å². The van der Waals surface area contributed by atoms with E-state index in [1.54, 1.807) is 45.0 Å². The summed E-state index contributed by atoms with van der Waals surface area (Å²) in [4.78, 5) is 24.0. The Balaban J connectivity index is 2.51. The first-order chi connectivity index (χ1) is 10.3. The van der Waals surface area contributed by atoms with Crippen molar-refractivity contribution in [2.24, 2.45) is 5.41 Å². The summed E-state index contributed by atoms with van der Waals surface area (Å²) in [5.74, 6) is -1.05. The highest BCUT2D eigenvalue weighted by atomic mass is 16.4. The predicted molar refractivity (Wildman–Crippen MR) is 80.9 cm³/mol. The maximum Gasteiger partial charge on any atom is 0.333 e. The van der Waals surface area contributed by atoms with Crippen LogP contribution in [0.1, 0.15) is 32.4 Å². The van der Waals surface area contributed by atoms with Crippen LogP contribution in [0.25, 0.3) is 5.69 Å². The van der Waals surface area contributed by atoms with E-state index in [0.29, 0.717) is 11.3 Å². The molecule has 0 aliphatic heterocycles. The van der Waals surface area contributed by atoms with Crippen LogP contribution in [0.2, 0.25) is 0 Å². The molecule has 1 aromatic heterocycles. The zero-order valence-electron chi connectivity index (χ0n) is 12.6. The molecular formula is C16H17N3O3. The number of hydrogen-bond donors (Lipinski definition) is 1. The van der Waals surface area contributed by atoms with Crippen LogP contribution in [-0.2, 0) is 4.79 Å². The van der Waals surface area contributed by atoms with E-state index in [1.807, 2.05) is 6.07 Å². The van der Waals surface area contributed by atoms with Crippen LogP contribution in [0, 0.1) is 16.7 Å². The molecule has 0 saturated carbocycles. The summed E-state index contributed by atoms with van der Waals surface area (Å²) in [6.45, 7) is 5.33. The third kappa shape index (κ3) is 2.79. The number of aliphatic carboxylic acids is 1. The molecule has 0 aliphatic carbocycles. The van der Waals surface area contributed by atoms with Gasteiger partial charge in [-0.2, -0.15) is 5.26 Å². The molecule has 0 radical (unpaired) electrons. The standard InChI is InChI=1S/C16H17N3O3/c1-16(2,3)13(14(20)21)19-9-8-18(15(19)22)12-6-4-11(10-17)5-7-12/h4-9,13H,1-3H3,(H,20,21). The van der Waals surface area contributed by atoms with Crippen LogP contribution in [0.3, 0.4) is 0 Å². The van der Waals surface area contributed by atoms with Gasteiger partial charge in [0.25, 0.3) is 0 Å². The van der Waals surface area contributed by atoms with Crippen LogP contribution >= 0.6 is 0 Å². The number of benzene rings is 1. The second-order valence-electron chi connectivity index (χ2n) is 6.12. The Hall–Kier alpha value is -2.81. The number of carboxylic acid groups (broad SMARTS) is 1. The number of hydrogen-bond acceptors (Lipinski definition) is 3. The van der Waals surface area contributed by atoms with E-state index < -0.39 is 23.1 Å². The molecule has 6 nitrogen and oxygen atoms in total. The maximum atomic E-state index is 12.5. The van der Waals surface area contributed by atoms with Gasteiger partial charge in [0, 0.05) is 12.4 Å². The number of nitrogens with zero attached hydrogens (tertiary/aromatic N) is 3. The molecule has 2 rings (SSSR count). The fraction of sp³-hybridized carbons (Fsp3) is 0.312. The predicted octanol–water partition coefficient (Wildman–Crippen LogP) is 2.18. The van der Waals surface area contributed by atoms with Gasteiger partial charge in [-0.25, -0.2) is 9.59 Å². The molecular weight excluding hydrogens is 282 g/mol. The molecule has 1 N–H and O–H groups in total. The number of aromatic nitrogens is 2. The van der Waals surface area contributed by atoms with Crippen LogP contribution in [-0.4, -0.2) is 20.2 Å². The van der Waals surface area contributed by atoms with Crippen molar-refractivity contribution in [1.82, 2.24) is 9.13 Å². The Bertz CT molecular complexity index is 786. The summed E-state index contributed by atoms with van der Waals surface area (Å²) in [7, 11) is 0. The first-order valence-electron chi connectivity index (χ1n) is 6.78. The quantitative estimate of drug-likeness (QED) is 0.940. The summed E-state index contributed by atoms with van der Waals surface area (Å²) in [5, 5.41) is 18.2. The minimum absolute atomic E-state index is 0.424. The van der Waals surface area contributed by atoms with Gasteiger partial charge in [-0.05, 0) is 29.7 Å². The number of rotatable bonds is 3. The molecule has 0 saturated heterocycles. The summed E-state index contributed by atoms with van der Waals surface area (Å²) >= 11 is 0. The fourth-order valence-electron chi connectivity index (χ4n) is 2.39. The van der Waals surface area contributed by atoms with E-state index >= 15 is 0 Å². The van der Waals surface area contributed by atoms with Crippen LogP contribution < -0.4 is 5.69 Å². The lowest BCUT2D eigenvalue weighted by Gasteiger charge is -2.27. The molecule has 0 amide bonds. The molecule has 0 bridgehead atoms. The molecule has 2 aromatic rings. The zero-order chi connectivity index (χ0) is 16.5. The molecule has 1 heterocycles. The van der Waals surface area contributed by atoms with Gasteiger partial charge in [0.1, 0.15) is 6.04 Å². The summed E-state index contributed by atoms with van der Waals surface area (Å²) < 4.78 is 2.59. The van der Waals surface area contributed by atoms with Gasteiger partial charge < -0.3 is 5.11 Å². The van der Waals surface area contributed by atoms with E-state index in [2.05, 4.69) is 0 Å². The largest absolute Gasteiger partial charge is 0.480 e. The van der Waals surface area contributed by atoms with Crippen molar-refractivity contribution in [2.75, 3.05) is 0 Å². The molecule has 0 fully saturated rings. The average molecular weight is 299 g/mol. The molecule has 6 heteroatoms. The van der Waals surface area contributed by atoms with Crippen LogP contribution in [0.15, 0.2) is 41.5 Å². The van der Waals surface area contributed by atoms with Gasteiger partial charge in [0.15, 0.2) is 0 Å². The SMILES string of the molecule is CC(C)(C)C(C(=O)O)n1ccn(-c2ccc(C#N)cc2)c1=O. The summed E-state index contributed by atoms with van der Waals surface area (Å²) in [6.07, 6.45) is 3.01. The second-order valence-corrected chi connectivity index (χ2v) is 6.12. The van der Waals surface area contributed by atoms with Crippen molar-refractivity contribution >= 4 is 5.97 Å². The third-order valence-corrected chi connectivity index (χ3v) is 3.41. The number of nitriles is 1. The number of carboxylic acids is 1. The van der Waals surface area contributed by atoms with Crippen LogP contribution in [0.5, 0.6) is 0 Å². The molecule has 0 spiro atoms. The molecule has 0 aliphatic rings. The van der Waals surface area contributed by atoms with Gasteiger partial charge >= 0.3 is 11.7 Å². The van der Waals surface area contributed by atoms with Crippen molar-refractivity contribution in [3.8, 4) is 11.8 Å². The van der Waals surface area contributed by atoms with Gasteiger partial charge in [-0.15, -0.1) is 0 Å². The van der Waals surface area contributed by atoms with E-state index in [-0.39, 0.29) is 0 Å². The molecule has 1 unspecified atom stereocenters. The van der Waals surface area contributed by atoms with E-state index in [1.165, 1.54) is 21.5 Å². The lowest BCUT2D eigenvalue weighted by Crippen LogP contribution is -2.37. The lowest BCUT2D eigenvalue weighted by molar-refractivity contribution is -0.144. The van der Waals surface area contributed by atoms with Crippen molar-refractivity contribution in [3.63, 3.8) is 0 Å². The summed E-state index contributed by atoms with van der Waals surface area (Å²) in [5.41, 5.74) is 0.0501. The third-order valence-electron chi connectivity index (χ3n) is 3.41. The lowest BCUT2D eigenvalue weighted by atomic mass is 9.86. The highest BCUT2D eigenvalue weighted by Gasteiger charge is 2.34. The highest BCUT2D eigenvalue weighted by molar-refractivity contribution is 5.72. The molecule has 1 atom stereocenters. The van der Waals surface area contributed by atoms with E-state index in [4.69, 9.17) is 5.26 Å². The van der Waals surface area contributed by atoms with Crippen LogP contribution in [0.4, 0.5) is 0 Å². The van der Waals surface area contributed by atoms with Crippen molar-refractivity contribution in [1.29, 1.82) is 5.26 Å². The normalized spacial score (nSPS) is 12.6. The molecule has 22 heavy (non-hydrogen) atoms. The van der Waals surface area contributed by atoms with Gasteiger partial charge in [0.2, 0.25) is 0 Å². The highest BCUT2D eigenvalue weighted by Crippen LogP contribution is 2.29. The average Bonchev–Trinajstić information content (AvgIpc) is 2.79. The summed E-state index contributed by atoms with van der Waals surface area (Å²) in [6, 6.07) is 7.57. The number of imidazole rings is 1. The molecule has 114 valence electrons. The second kappa shape index (κ2) is 5.53. The van der Waals surface area contributed by atoms with Crippen molar-refractivity contribution in [2.45, 2.75) is 26.8 Å². The van der Waals surface area contributed by atoms with Gasteiger partial charge in [-0.1, -0.05) is 20.8 Å². The smallest absolute Gasteiger partial charge is 0.333 e. The first-order valence-corrected chi connectivity index (χ1v) is 6.78. The Labute approximate surface area is 127 Å². The Morgan fingerprint density at radius 2 is 1.82 bits per heavy atom. The first kappa shape index (κ1) is 15.6. The fourth-order valence-corrected chi connectivity index (χ4v) is 2.39. The van der Waals surface area contributed by atoms with Crippen molar-refractivity contribution in [3.05, 3.63) is 52.7 Å². The van der Waals surface area contributed by atoms with Gasteiger partial charge in [0.05, 0.1) is 17.3 Å². The Morgan fingerprint density at radius 3 is 2.27 bits per heavy atom. The topological polar surface area (TPSA) is 88.0 Å². The minimum Gasteiger partial charge on any atom is -0.480 e. The monoisotopic (exact) mass is 299 g/mol.